The van der Waals surface area contributed by atoms with Crippen molar-refractivity contribution >= 4 is 5.97 Å². The predicted molar refractivity (Wildman–Crippen MR) is 52.0 cm³/mol. The molecule has 0 saturated carbocycles. The van der Waals surface area contributed by atoms with Crippen molar-refractivity contribution in [3.63, 3.8) is 0 Å². The van der Waals surface area contributed by atoms with E-state index in [1.807, 2.05) is 0 Å². The molecule has 0 amide bonds. The van der Waals surface area contributed by atoms with Crippen LogP contribution in [-0.4, -0.2) is 29.7 Å². The van der Waals surface area contributed by atoms with Crippen LogP contribution in [0.3, 0.4) is 0 Å². The highest BCUT2D eigenvalue weighted by Crippen LogP contribution is 1.99. The molecular weight excluding hydrogens is 180 g/mol. The zero-order valence-corrected chi connectivity index (χ0v) is 7.74. The number of pyridine rings is 1. The molecule has 0 radical (unpaired) electrons. The maximum absolute atomic E-state index is 10.6. The Labute approximate surface area is 82.0 Å². The molecule has 0 aliphatic heterocycles. The van der Waals surface area contributed by atoms with E-state index in [0.29, 0.717) is 12.1 Å². The van der Waals surface area contributed by atoms with Gasteiger partial charge in [-0.15, -0.1) is 0 Å². The Morgan fingerprint density at radius 1 is 1.71 bits per heavy atom. The highest BCUT2D eigenvalue weighted by molar-refractivity contribution is 5.85. The number of aromatic nitrogens is 1. The molecule has 1 rings (SSSR count). The summed E-state index contributed by atoms with van der Waals surface area (Å²) in [6.07, 6.45) is 1.44. The second kappa shape index (κ2) is 5.00. The molecular formula is C10H10N2O2. The third kappa shape index (κ3) is 2.88. The number of hydrogen-bond donors (Lipinski definition) is 2. The maximum atomic E-state index is 10.6. The van der Waals surface area contributed by atoms with Gasteiger partial charge < -0.3 is 10.4 Å². The first-order chi connectivity index (χ1) is 6.74. The van der Waals surface area contributed by atoms with Crippen LogP contribution < -0.4 is 5.32 Å². The average Bonchev–Trinajstić information content (AvgIpc) is 2.19. The molecule has 0 aliphatic carbocycles. The van der Waals surface area contributed by atoms with E-state index < -0.39 is 5.97 Å². The molecule has 1 aromatic heterocycles. The standard InChI is InChI=1S/C10H10N2O2/c1-11-5-2-3-8-4-6-12-9(7-8)10(13)14/h4,6-7,11H,5H2,1H3,(H,13,14). The minimum absolute atomic E-state index is 0.0151. The van der Waals surface area contributed by atoms with Gasteiger partial charge in [0.15, 0.2) is 0 Å². The van der Waals surface area contributed by atoms with Crippen molar-refractivity contribution in [1.82, 2.24) is 10.3 Å². The van der Waals surface area contributed by atoms with Crippen molar-refractivity contribution in [1.29, 1.82) is 0 Å². The van der Waals surface area contributed by atoms with E-state index in [1.54, 1.807) is 13.1 Å². The molecule has 2 N–H and O–H groups in total. The van der Waals surface area contributed by atoms with Gasteiger partial charge in [0.2, 0.25) is 0 Å². The second-order valence-corrected chi connectivity index (χ2v) is 2.57. The van der Waals surface area contributed by atoms with Gasteiger partial charge in [0.05, 0.1) is 6.54 Å². The minimum Gasteiger partial charge on any atom is -0.477 e. The van der Waals surface area contributed by atoms with Crippen molar-refractivity contribution in [3.05, 3.63) is 29.6 Å². The second-order valence-electron chi connectivity index (χ2n) is 2.57. The van der Waals surface area contributed by atoms with Gasteiger partial charge in [-0.1, -0.05) is 11.8 Å². The summed E-state index contributed by atoms with van der Waals surface area (Å²) in [4.78, 5) is 14.2. The van der Waals surface area contributed by atoms with E-state index in [-0.39, 0.29) is 5.69 Å². The number of hydrogen-bond acceptors (Lipinski definition) is 3. The van der Waals surface area contributed by atoms with Crippen LogP contribution in [0.5, 0.6) is 0 Å². The molecule has 1 heterocycles. The fraction of sp³-hybridized carbons (Fsp3) is 0.200. The van der Waals surface area contributed by atoms with E-state index in [0.717, 1.165) is 0 Å². The van der Waals surface area contributed by atoms with Crippen LogP contribution in [-0.2, 0) is 0 Å². The number of aromatic carboxylic acids is 1. The smallest absolute Gasteiger partial charge is 0.354 e. The summed E-state index contributed by atoms with van der Waals surface area (Å²) in [6, 6.07) is 3.13. The van der Waals surface area contributed by atoms with Gasteiger partial charge in [0, 0.05) is 11.8 Å². The zero-order valence-electron chi connectivity index (χ0n) is 7.74. The van der Waals surface area contributed by atoms with Crippen molar-refractivity contribution in [2.24, 2.45) is 0 Å². The van der Waals surface area contributed by atoms with Crippen molar-refractivity contribution < 1.29 is 9.90 Å². The highest BCUT2D eigenvalue weighted by Gasteiger charge is 2.02. The SMILES string of the molecule is CNCC#Cc1ccnc(C(=O)O)c1. The summed E-state index contributed by atoms with van der Waals surface area (Å²) in [7, 11) is 1.80. The molecule has 1 aromatic rings. The molecule has 14 heavy (non-hydrogen) atoms. The lowest BCUT2D eigenvalue weighted by molar-refractivity contribution is 0.0690. The van der Waals surface area contributed by atoms with Crippen LogP contribution in [0.4, 0.5) is 0 Å². The number of rotatable bonds is 2. The average molecular weight is 190 g/mol. The largest absolute Gasteiger partial charge is 0.477 e. The summed E-state index contributed by atoms with van der Waals surface area (Å²) < 4.78 is 0. The first-order valence-corrected chi connectivity index (χ1v) is 4.07. The molecule has 0 saturated heterocycles. The number of nitrogens with zero attached hydrogens (tertiary/aromatic N) is 1. The molecule has 0 unspecified atom stereocenters. The summed E-state index contributed by atoms with van der Waals surface area (Å²) >= 11 is 0. The Morgan fingerprint density at radius 3 is 3.14 bits per heavy atom. The first-order valence-electron chi connectivity index (χ1n) is 4.07. The van der Waals surface area contributed by atoms with Gasteiger partial charge in [-0.3, -0.25) is 0 Å². The van der Waals surface area contributed by atoms with Gasteiger partial charge >= 0.3 is 5.97 Å². The summed E-state index contributed by atoms with van der Waals surface area (Å²) in [5.74, 6) is 4.62. The third-order valence-corrected chi connectivity index (χ3v) is 1.48. The van der Waals surface area contributed by atoms with Crippen molar-refractivity contribution in [2.45, 2.75) is 0 Å². The quantitative estimate of drug-likeness (QED) is 0.660. The Morgan fingerprint density at radius 2 is 2.50 bits per heavy atom. The van der Waals surface area contributed by atoms with E-state index in [4.69, 9.17) is 5.11 Å². The highest BCUT2D eigenvalue weighted by atomic mass is 16.4. The Balaban J connectivity index is 2.85. The van der Waals surface area contributed by atoms with Crippen LogP contribution >= 0.6 is 0 Å². The molecule has 4 nitrogen and oxygen atoms in total. The normalized spacial score (nSPS) is 8.93. The molecule has 0 spiro atoms. The summed E-state index contributed by atoms with van der Waals surface area (Å²) in [5.41, 5.74) is 0.675. The number of nitrogens with one attached hydrogen (secondary N) is 1. The van der Waals surface area contributed by atoms with Crippen LogP contribution in [0.25, 0.3) is 0 Å². The molecule has 0 atom stereocenters. The fourth-order valence-electron chi connectivity index (χ4n) is 0.860. The molecule has 0 aliphatic rings. The lowest BCUT2D eigenvalue weighted by Gasteiger charge is -1.93. The minimum atomic E-state index is -1.04. The van der Waals surface area contributed by atoms with Gasteiger partial charge in [0.25, 0.3) is 0 Å². The van der Waals surface area contributed by atoms with E-state index >= 15 is 0 Å². The number of carboxylic acids is 1. The molecule has 0 aromatic carbocycles. The lowest BCUT2D eigenvalue weighted by atomic mass is 10.2. The maximum Gasteiger partial charge on any atom is 0.354 e. The lowest BCUT2D eigenvalue weighted by Crippen LogP contribution is -2.04. The Bertz CT molecular complexity index is 391. The molecule has 0 fully saturated rings. The summed E-state index contributed by atoms with van der Waals surface area (Å²) in [6.45, 7) is 0.574. The molecule has 4 heteroatoms. The van der Waals surface area contributed by atoms with Gasteiger partial charge in [0.1, 0.15) is 5.69 Å². The summed E-state index contributed by atoms with van der Waals surface area (Å²) in [5, 5.41) is 11.5. The Hall–Kier alpha value is -1.86. The third-order valence-electron chi connectivity index (χ3n) is 1.48. The van der Waals surface area contributed by atoms with Crippen molar-refractivity contribution in [3.8, 4) is 11.8 Å². The van der Waals surface area contributed by atoms with E-state index in [2.05, 4.69) is 22.1 Å². The Kier molecular flexibility index (Phi) is 3.65. The van der Waals surface area contributed by atoms with E-state index in [9.17, 15) is 4.79 Å². The van der Waals surface area contributed by atoms with Gasteiger partial charge in [-0.05, 0) is 19.2 Å². The fourth-order valence-corrected chi connectivity index (χ4v) is 0.860. The number of carbonyl (C=O) groups is 1. The zero-order chi connectivity index (χ0) is 10.4. The monoisotopic (exact) mass is 190 g/mol. The predicted octanol–water partition coefficient (Wildman–Crippen LogP) is 0.351. The van der Waals surface area contributed by atoms with Crippen LogP contribution in [0.1, 0.15) is 16.1 Å². The topological polar surface area (TPSA) is 62.2 Å². The molecule has 0 bridgehead atoms. The van der Waals surface area contributed by atoms with Crippen LogP contribution in [0.15, 0.2) is 18.3 Å². The van der Waals surface area contributed by atoms with E-state index in [1.165, 1.54) is 12.3 Å². The van der Waals surface area contributed by atoms with Crippen LogP contribution in [0.2, 0.25) is 0 Å². The first kappa shape index (κ1) is 10.2. The van der Waals surface area contributed by atoms with Gasteiger partial charge in [-0.2, -0.15) is 0 Å². The van der Waals surface area contributed by atoms with Crippen LogP contribution in [0, 0.1) is 11.8 Å². The van der Waals surface area contributed by atoms with Crippen molar-refractivity contribution in [2.75, 3.05) is 13.6 Å². The van der Waals surface area contributed by atoms with Gasteiger partial charge in [-0.25, -0.2) is 9.78 Å². The molecule has 72 valence electrons. The number of carboxylic acid groups (broad SMARTS) is 1.